The van der Waals surface area contributed by atoms with E-state index in [1.54, 1.807) is 6.20 Å². The molecule has 1 amide bonds. The van der Waals surface area contributed by atoms with E-state index < -0.39 is 0 Å². The van der Waals surface area contributed by atoms with Crippen LogP contribution in [0.5, 0.6) is 0 Å². The summed E-state index contributed by atoms with van der Waals surface area (Å²) in [4.78, 5) is 22.1. The van der Waals surface area contributed by atoms with Gasteiger partial charge in [-0.25, -0.2) is 0 Å². The lowest BCUT2D eigenvalue weighted by atomic mass is 9.94. The highest BCUT2D eigenvalue weighted by molar-refractivity contribution is 6.04. The summed E-state index contributed by atoms with van der Waals surface area (Å²) in [7, 11) is 2.17. The summed E-state index contributed by atoms with van der Waals surface area (Å²) in [5, 5.41) is 3.02. The highest BCUT2D eigenvalue weighted by atomic mass is 16.1. The summed E-state index contributed by atoms with van der Waals surface area (Å²) in [6.07, 6.45) is 1.79. The van der Waals surface area contributed by atoms with E-state index in [4.69, 9.17) is 0 Å². The van der Waals surface area contributed by atoms with Crippen molar-refractivity contribution >= 4 is 11.6 Å². The number of carbonyl (C=O) groups excluding carboxylic acids is 1. The Kier molecular flexibility index (Phi) is 6.52. The van der Waals surface area contributed by atoms with Crippen molar-refractivity contribution in [1.82, 2.24) is 14.8 Å². The Hall–Kier alpha value is -3.02. The summed E-state index contributed by atoms with van der Waals surface area (Å²) < 4.78 is 0. The Bertz CT molecular complexity index is 953. The highest BCUT2D eigenvalue weighted by Gasteiger charge is 2.22. The molecule has 0 aliphatic carbocycles. The van der Waals surface area contributed by atoms with Crippen LogP contribution in [0.25, 0.3) is 0 Å². The number of benzene rings is 2. The summed E-state index contributed by atoms with van der Waals surface area (Å²) in [5.74, 6) is 0.0475. The molecule has 5 heteroatoms. The lowest BCUT2D eigenvalue weighted by molar-refractivity contribution is 0.102. The van der Waals surface area contributed by atoms with E-state index in [0.717, 1.165) is 44.1 Å². The van der Waals surface area contributed by atoms with E-state index in [0.29, 0.717) is 5.56 Å². The van der Waals surface area contributed by atoms with E-state index in [1.165, 1.54) is 5.56 Å². The fraction of sp³-hybridized carbons (Fsp3) is 0.280. The van der Waals surface area contributed by atoms with Gasteiger partial charge in [0.15, 0.2) is 0 Å². The van der Waals surface area contributed by atoms with Gasteiger partial charge in [0, 0.05) is 56.1 Å². The van der Waals surface area contributed by atoms with Crippen LogP contribution in [0, 0.1) is 0 Å². The van der Waals surface area contributed by atoms with Gasteiger partial charge in [0.25, 0.3) is 5.91 Å². The predicted molar refractivity (Wildman–Crippen MR) is 121 cm³/mol. The summed E-state index contributed by atoms with van der Waals surface area (Å²) in [5.41, 5.74) is 3.64. The first kappa shape index (κ1) is 20.3. The van der Waals surface area contributed by atoms with Crippen molar-refractivity contribution < 1.29 is 4.79 Å². The number of hydrogen-bond donors (Lipinski definition) is 1. The number of anilines is 1. The first-order valence-electron chi connectivity index (χ1n) is 10.5. The highest BCUT2D eigenvalue weighted by Crippen LogP contribution is 2.26. The molecule has 2 aromatic carbocycles. The van der Waals surface area contributed by atoms with Gasteiger partial charge < -0.3 is 10.2 Å². The van der Waals surface area contributed by atoms with Crippen LogP contribution in [0.1, 0.15) is 27.5 Å². The third-order valence-corrected chi connectivity index (χ3v) is 5.67. The maximum absolute atomic E-state index is 12.6. The number of rotatable bonds is 6. The number of amides is 1. The Morgan fingerprint density at radius 3 is 2.33 bits per heavy atom. The third kappa shape index (κ3) is 5.12. The fourth-order valence-electron chi connectivity index (χ4n) is 3.85. The molecular formula is C25H28N4O. The van der Waals surface area contributed by atoms with E-state index in [-0.39, 0.29) is 11.8 Å². The molecule has 0 saturated carbocycles. The van der Waals surface area contributed by atoms with Crippen molar-refractivity contribution in [3.63, 3.8) is 0 Å². The molecule has 1 aliphatic heterocycles. The van der Waals surface area contributed by atoms with Crippen molar-refractivity contribution in [3.8, 4) is 0 Å². The number of carbonyl (C=O) groups is 1. The number of hydrogen-bond acceptors (Lipinski definition) is 4. The Labute approximate surface area is 178 Å². The third-order valence-electron chi connectivity index (χ3n) is 5.67. The molecule has 1 saturated heterocycles. The maximum Gasteiger partial charge on any atom is 0.255 e. The minimum atomic E-state index is -0.108. The van der Waals surface area contributed by atoms with Crippen molar-refractivity contribution in [2.75, 3.05) is 45.1 Å². The lowest BCUT2D eigenvalue weighted by Crippen LogP contribution is -2.45. The van der Waals surface area contributed by atoms with Gasteiger partial charge >= 0.3 is 0 Å². The number of nitrogens with one attached hydrogen (secondary N) is 1. The van der Waals surface area contributed by atoms with Crippen molar-refractivity contribution in [2.45, 2.75) is 5.92 Å². The van der Waals surface area contributed by atoms with Gasteiger partial charge in [-0.05, 0) is 36.9 Å². The molecule has 0 spiro atoms. The van der Waals surface area contributed by atoms with Crippen LogP contribution in [0.2, 0.25) is 0 Å². The number of pyridine rings is 1. The van der Waals surface area contributed by atoms with Gasteiger partial charge in [-0.1, -0.05) is 48.5 Å². The van der Waals surface area contributed by atoms with E-state index in [9.17, 15) is 4.79 Å². The Morgan fingerprint density at radius 1 is 0.967 bits per heavy atom. The molecule has 3 aromatic rings. The van der Waals surface area contributed by atoms with Crippen LogP contribution in [0.3, 0.4) is 0 Å². The number of piperazine rings is 1. The molecule has 1 fully saturated rings. The SMILES string of the molecule is CN1CCN(CC(c2ccccc2)c2cc(NC(=O)c3ccccc3)ccn2)CC1. The molecule has 0 bridgehead atoms. The molecule has 1 atom stereocenters. The molecular weight excluding hydrogens is 372 g/mol. The number of nitrogens with zero attached hydrogens (tertiary/aromatic N) is 3. The average molecular weight is 401 g/mol. The summed E-state index contributed by atoms with van der Waals surface area (Å²) in [6, 6.07) is 23.7. The van der Waals surface area contributed by atoms with Crippen molar-refractivity contribution in [2.24, 2.45) is 0 Å². The maximum atomic E-state index is 12.6. The molecule has 154 valence electrons. The van der Waals surface area contributed by atoms with Crippen LogP contribution >= 0.6 is 0 Å². The zero-order valence-electron chi connectivity index (χ0n) is 17.4. The van der Waals surface area contributed by atoms with Crippen LogP contribution in [-0.4, -0.2) is 60.5 Å². The molecule has 4 rings (SSSR count). The van der Waals surface area contributed by atoms with E-state index in [2.05, 4.69) is 51.4 Å². The van der Waals surface area contributed by atoms with Gasteiger partial charge in [-0.2, -0.15) is 0 Å². The van der Waals surface area contributed by atoms with Gasteiger partial charge in [0.05, 0.1) is 5.69 Å². The smallest absolute Gasteiger partial charge is 0.255 e. The first-order chi connectivity index (χ1) is 14.7. The van der Waals surface area contributed by atoms with Crippen molar-refractivity contribution in [1.29, 1.82) is 0 Å². The molecule has 1 aromatic heterocycles. The molecule has 2 heterocycles. The second-order valence-corrected chi connectivity index (χ2v) is 7.86. The fourth-order valence-corrected chi connectivity index (χ4v) is 3.85. The normalized spacial score (nSPS) is 16.2. The van der Waals surface area contributed by atoms with Crippen LogP contribution in [-0.2, 0) is 0 Å². The van der Waals surface area contributed by atoms with Crippen LogP contribution in [0.4, 0.5) is 5.69 Å². The zero-order chi connectivity index (χ0) is 20.8. The molecule has 1 unspecified atom stereocenters. The van der Waals surface area contributed by atoms with Gasteiger partial charge in [0.2, 0.25) is 0 Å². The number of likely N-dealkylation sites (N-methyl/N-ethyl adjacent to an activating group) is 1. The number of aromatic nitrogens is 1. The average Bonchev–Trinajstić information content (AvgIpc) is 2.80. The minimum absolute atomic E-state index is 0.108. The second-order valence-electron chi connectivity index (χ2n) is 7.86. The Balaban J connectivity index is 1.56. The Morgan fingerprint density at radius 2 is 1.63 bits per heavy atom. The van der Waals surface area contributed by atoms with E-state index in [1.807, 2.05) is 48.5 Å². The van der Waals surface area contributed by atoms with E-state index >= 15 is 0 Å². The first-order valence-corrected chi connectivity index (χ1v) is 10.5. The molecule has 0 radical (unpaired) electrons. The summed E-state index contributed by atoms with van der Waals surface area (Å²) >= 11 is 0. The molecule has 30 heavy (non-hydrogen) atoms. The zero-order valence-corrected chi connectivity index (χ0v) is 17.4. The predicted octanol–water partition coefficient (Wildman–Crippen LogP) is 3.71. The summed E-state index contributed by atoms with van der Waals surface area (Å²) in [6.45, 7) is 5.21. The van der Waals surface area contributed by atoms with Crippen LogP contribution in [0.15, 0.2) is 79.0 Å². The molecule has 1 aliphatic rings. The van der Waals surface area contributed by atoms with Gasteiger partial charge in [-0.3, -0.25) is 14.7 Å². The monoisotopic (exact) mass is 400 g/mol. The van der Waals surface area contributed by atoms with Gasteiger partial charge in [0.1, 0.15) is 0 Å². The largest absolute Gasteiger partial charge is 0.322 e. The van der Waals surface area contributed by atoms with Crippen molar-refractivity contribution in [3.05, 3.63) is 95.8 Å². The van der Waals surface area contributed by atoms with Crippen LogP contribution < -0.4 is 5.32 Å². The topological polar surface area (TPSA) is 48.5 Å². The molecule has 1 N–H and O–H groups in total. The minimum Gasteiger partial charge on any atom is -0.322 e. The quantitative estimate of drug-likeness (QED) is 0.685. The lowest BCUT2D eigenvalue weighted by Gasteiger charge is -2.34. The second kappa shape index (κ2) is 9.65. The van der Waals surface area contributed by atoms with Gasteiger partial charge in [-0.15, -0.1) is 0 Å². The standard InChI is InChI=1S/C25H28N4O/c1-28-14-16-29(17-15-28)19-23(20-8-4-2-5-9-20)24-18-22(12-13-26-24)27-25(30)21-10-6-3-7-11-21/h2-13,18,23H,14-17,19H2,1H3,(H,26,27,30). The molecule has 5 nitrogen and oxygen atoms in total.